The predicted octanol–water partition coefficient (Wildman–Crippen LogP) is 4.93. The minimum absolute atomic E-state index is 0.0220. The Kier molecular flexibility index (Phi) is 6.09. The van der Waals surface area contributed by atoms with Crippen LogP contribution in [0.4, 0.5) is 11.4 Å². The molecule has 2 amide bonds. The van der Waals surface area contributed by atoms with Crippen molar-refractivity contribution < 1.29 is 33.5 Å². The molecule has 2 heterocycles. The smallest absolute Gasteiger partial charge is 0.338 e. The standard InChI is InChI=1S/C24H14Cl2N2O8/c25-19-4-2-15(8-20(19)26)27-22(29)17-3-1-12(7-18(17)23(27)30)24(31)35-10-14-6-16(28(32)33)5-13-9-34-11-36-21(13)14/h1-8H,9-11H2. The van der Waals surface area contributed by atoms with Gasteiger partial charge in [-0.3, -0.25) is 19.7 Å². The van der Waals surface area contributed by atoms with Gasteiger partial charge in [-0.05, 0) is 36.4 Å². The average molecular weight is 529 g/mol. The van der Waals surface area contributed by atoms with Gasteiger partial charge in [-0.15, -0.1) is 0 Å². The van der Waals surface area contributed by atoms with E-state index in [1.54, 1.807) is 0 Å². The third kappa shape index (κ3) is 4.15. The molecule has 182 valence electrons. The maximum absolute atomic E-state index is 13.0. The second-order valence-corrected chi connectivity index (χ2v) is 8.66. The van der Waals surface area contributed by atoms with Gasteiger partial charge < -0.3 is 14.2 Å². The van der Waals surface area contributed by atoms with Crippen molar-refractivity contribution in [1.82, 2.24) is 0 Å². The van der Waals surface area contributed by atoms with Crippen LogP contribution in [0.2, 0.25) is 10.0 Å². The van der Waals surface area contributed by atoms with Gasteiger partial charge in [0, 0.05) is 23.3 Å². The highest BCUT2D eigenvalue weighted by molar-refractivity contribution is 6.42. The van der Waals surface area contributed by atoms with E-state index in [-0.39, 0.29) is 58.1 Å². The van der Waals surface area contributed by atoms with Crippen molar-refractivity contribution in [2.45, 2.75) is 13.2 Å². The summed E-state index contributed by atoms with van der Waals surface area (Å²) >= 11 is 11.9. The first kappa shape index (κ1) is 23.7. The Labute approximate surface area is 213 Å². The molecule has 10 nitrogen and oxygen atoms in total. The number of hydrogen-bond donors (Lipinski definition) is 0. The number of carbonyl (C=O) groups excluding carboxylic acids is 3. The topological polar surface area (TPSA) is 125 Å². The summed E-state index contributed by atoms with van der Waals surface area (Å²) in [6.45, 7) is -0.238. The predicted molar refractivity (Wildman–Crippen MR) is 127 cm³/mol. The summed E-state index contributed by atoms with van der Waals surface area (Å²) in [5, 5.41) is 11.7. The molecule has 2 aliphatic heterocycles. The fourth-order valence-electron chi connectivity index (χ4n) is 3.95. The van der Waals surface area contributed by atoms with Crippen LogP contribution in [-0.4, -0.2) is 29.5 Å². The number of imide groups is 1. The number of ether oxygens (including phenoxy) is 3. The summed E-state index contributed by atoms with van der Waals surface area (Å²) in [7, 11) is 0. The summed E-state index contributed by atoms with van der Waals surface area (Å²) in [5.74, 6) is -1.65. The maximum Gasteiger partial charge on any atom is 0.338 e. The van der Waals surface area contributed by atoms with Gasteiger partial charge in [-0.25, -0.2) is 9.69 Å². The van der Waals surface area contributed by atoms with Gasteiger partial charge in [0.25, 0.3) is 17.5 Å². The number of non-ortho nitro benzene ring substituents is 1. The molecule has 0 saturated heterocycles. The molecule has 0 radical (unpaired) electrons. The lowest BCUT2D eigenvalue weighted by Crippen LogP contribution is -2.29. The lowest BCUT2D eigenvalue weighted by Gasteiger charge is -2.20. The number of anilines is 1. The number of nitro groups is 1. The molecule has 3 aromatic carbocycles. The van der Waals surface area contributed by atoms with Crippen LogP contribution in [0, 0.1) is 10.1 Å². The lowest BCUT2D eigenvalue weighted by molar-refractivity contribution is -0.385. The lowest BCUT2D eigenvalue weighted by atomic mass is 10.1. The number of hydrogen-bond acceptors (Lipinski definition) is 8. The summed E-state index contributed by atoms with van der Waals surface area (Å²) in [6, 6.07) is 10.9. The summed E-state index contributed by atoms with van der Waals surface area (Å²) in [6.07, 6.45) is 0. The average Bonchev–Trinajstić information content (AvgIpc) is 3.13. The van der Waals surface area contributed by atoms with Crippen molar-refractivity contribution in [3.8, 4) is 5.75 Å². The number of benzene rings is 3. The number of rotatable bonds is 5. The molecular formula is C24H14Cl2N2O8. The third-order valence-electron chi connectivity index (χ3n) is 5.62. The zero-order valence-corrected chi connectivity index (χ0v) is 19.7. The fourth-order valence-corrected chi connectivity index (χ4v) is 4.24. The quantitative estimate of drug-likeness (QED) is 0.197. The van der Waals surface area contributed by atoms with Crippen molar-refractivity contribution in [3.63, 3.8) is 0 Å². The van der Waals surface area contributed by atoms with Gasteiger partial charge in [0.15, 0.2) is 6.79 Å². The van der Waals surface area contributed by atoms with Crippen LogP contribution in [0.25, 0.3) is 0 Å². The molecule has 0 spiro atoms. The Bertz CT molecular complexity index is 1470. The molecular weight excluding hydrogens is 515 g/mol. The monoisotopic (exact) mass is 528 g/mol. The molecule has 36 heavy (non-hydrogen) atoms. The van der Waals surface area contributed by atoms with Crippen molar-refractivity contribution >= 4 is 52.4 Å². The zero-order chi connectivity index (χ0) is 25.6. The molecule has 0 aromatic heterocycles. The molecule has 0 bridgehead atoms. The third-order valence-corrected chi connectivity index (χ3v) is 6.36. The van der Waals surface area contributed by atoms with Gasteiger partial charge in [0.2, 0.25) is 0 Å². The molecule has 12 heteroatoms. The van der Waals surface area contributed by atoms with E-state index in [9.17, 15) is 24.5 Å². The van der Waals surface area contributed by atoms with Crippen molar-refractivity contribution in [2.24, 2.45) is 0 Å². The molecule has 0 unspecified atom stereocenters. The molecule has 0 saturated carbocycles. The highest BCUT2D eigenvalue weighted by Crippen LogP contribution is 2.35. The van der Waals surface area contributed by atoms with E-state index in [1.165, 1.54) is 48.5 Å². The van der Waals surface area contributed by atoms with E-state index >= 15 is 0 Å². The van der Waals surface area contributed by atoms with Gasteiger partial charge in [-0.2, -0.15) is 0 Å². The Morgan fingerprint density at radius 1 is 1.03 bits per heavy atom. The molecule has 5 rings (SSSR count). The highest BCUT2D eigenvalue weighted by atomic mass is 35.5. The Balaban J connectivity index is 1.38. The molecule has 0 N–H and O–H groups in total. The first-order valence-electron chi connectivity index (χ1n) is 10.4. The SMILES string of the molecule is O=C(OCc1cc([N+](=O)[O-])cc2c1OCOC2)c1ccc2c(c1)C(=O)N(c1ccc(Cl)c(Cl)c1)C2=O. The van der Waals surface area contributed by atoms with E-state index in [1.807, 2.05) is 0 Å². The Hall–Kier alpha value is -3.99. The first-order valence-corrected chi connectivity index (χ1v) is 11.2. The van der Waals surface area contributed by atoms with Crippen molar-refractivity contribution in [3.05, 3.63) is 96.5 Å². The molecule has 2 aliphatic rings. The van der Waals surface area contributed by atoms with E-state index < -0.39 is 22.7 Å². The normalized spacial score (nSPS) is 14.2. The van der Waals surface area contributed by atoms with Crippen LogP contribution in [-0.2, 0) is 22.7 Å². The molecule has 3 aromatic rings. The van der Waals surface area contributed by atoms with Gasteiger partial charge in [0.1, 0.15) is 12.4 Å². The Morgan fingerprint density at radius 2 is 1.81 bits per heavy atom. The van der Waals surface area contributed by atoms with Crippen LogP contribution in [0.1, 0.15) is 42.2 Å². The first-order chi connectivity index (χ1) is 17.2. The largest absolute Gasteiger partial charge is 0.467 e. The van der Waals surface area contributed by atoms with Crippen LogP contribution < -0.4 is 9.64 Å². The van der Waals surface area contributed by atoms with Gasteiger partial charge in [0.05, 0.1) is 44.0 Å². The Morgan fingerprint density at radius 3 is 2.56 bits per heavy atom. The maximum atomic E-state index is 13.0. The van der Waals surface area contributed by atoms with Gasteiger partial charge >= 0.3 is 5.97 Å². The zero-order valence-electron chi connectivity index (χ0n) is 18.2. The number of amides is 2. The summed E-state index contributed by atoms with van der Waals surface area (Å²) in [4.78, 5) is 50.3. The molecule has 0 aliphatic carbocycles. The summed E-state index contributed by atoms with van der Waals surface area (Å²) in [5.41, 5.74) is 0.962. The van der Waals surface area contributed by atoms with Crippen molar-refractivity contribution in [2.75, 3.05) is 11.7 Å². The highest BCUT2D eigenvalue weighted by Gasteiger charge is 2.37. The second-order valence-electron chi connectivity index (χ2n) is 7.84. The van der Waals surface area contributed by atoms with Crippen LogP contribution in [0.3, 0.4) is 0 Å². The van der Waals surface area contributed by atoms with Crippen LogP contribution >= 0.6 is 23.2 Å². The van der Waals surface area contributed by atoms with E-state index in [0.717, 1.165) is 4.90 Å². The molecule has 0 atom stereocenters. The van der Waals surface area contributed by atoms with E-state index in [0.29, 0.717) is 16.9 Å². The number of esters is 1. The van der Waals surface area contributed by atoms with E-state index in [4.69, 9.17) is 37.4 Å². The van der Waals surface area contributed by atoms with Crippen molar-refractivity contribution in [1.29, 1.82) is 0 Å². The number of nitro benzene ring substituents is 1. The number of nitrogens with zero attached hydrogens (tertiary/aromatic N) is 2. The number of halogens is 2. The van der Waals surface area contributed by atoms with Gasteiger partial charge in [-0.1, -0.05) is 23.2 Å². The minimum atomic E-state index is -0.793. The second kappa shape index (κ2) is 9.23. The minimum Gasteiger partial charge on any atom is -0.467 e. The number of carbonyl (C=O) groups is 3. The number of fused-ring (bicyclic) bond motifs is 2. The summed E-state index contributed by atoms with van der Waals surface area (Å²) < 4.78 is 16.0. The fraction of sp³-hybridized carbons (Fsp3) is 0.125. The van der Waals surface area contributed by atoms with Crippen LogP contribution in [0.15, 0.2) is 48.5 Å². The van der Waals surface area contributed by atoms with E-state index in [2.05, 4.69) is 0 Å². The molecule has 0 fully saturated rings. The van der Waals surface area contributed by atoms with Crippen LogP contribution in [0.5, 0.6) is 5.75 Å².